The fraction of sp³-hybridized carbons (Fsp3) is 0.545. The number of nitrogens with one attached hydrogen (secondary N) is 1. The van der Waals surface area contributed by atoms with Gasteiger partial charge in [-0.05, 0) is 38.0 Å². The zero-order chi connectivity index (χ0) is 24.7. The number of carbonyl (C=O) groups is 2. The van der Waals surface area contributed by atoms with E-state index in [1.165, 1.54) is 27.9 Å². The molecule has 2 heterocycles. The number of aromatic nitrogens is 3. The minimum atomic E-state index is -4.53. The van der Waals surface area contributed by atoms with Crippen molar-refractivity contribution in [3.05, 3.63) is 47.3 Å². The van der Waals surface area contributed by atoms with Crippen molar-refractivity contribution in [2.24, 2.45) is 0 Å². The third kappa shape index (κ3) is 6.76. The zero-order valence-corrected chi connectivity index (χ0v) is 19.0. The maximum Gasteiger partial charge on any atom is 0.416 e. The van der Waals surface area contributed by atoms with E-state index in [4.69, 9.17) is 9.47 Å². The molecular formula is C22H28F3N5O4. The Balaban J connectivity index is 1.78. The van der Waals surface area contributed by atoms with Crippen molar-refractivity contribution in [2.45, 2.75) is 51.7 Å². The van der Waals surface area contributed by atoms with Gasteiger partial charge in [-0.1, -0.05) is 17.3 Å². The van der Waals surface area contributed by atoms with Crippen molar-refractivity contribution in [1.82, 2.24) is 25.2 Å². The summed E-state index contributed by atoms with van der Waals surface area (Å²) in [5, 5.41) is 10.5. The summed E-state index contributed by atoms with van der Waals surface area (Å²) < 4.78 is 52.1. The van der Waals surface area contributed by atoms with Crippen molar-refractivity contribution in [2.75, 3.05) is 26.3 Å². The van der Waals surface area contributed by atoms with Crippen LogP contribution in [0.4, 0.5) is 13.2 Å². The van der Waals surface area contributed by atoms with E-state index >= 15 is 0 Å². The highest BCUT2D eigenvalue weighted by Gasteiger charge is 2.32. The Hall–Kier alpha value is -2.99. The first-order chi connectivity index (χ1) is 16.2. The lowest BCUT2D eigenvalue weighted by Crippen LogP contribution is -2.38. The third-order valence-electron chi connectivity index (χ3n) is 5.31. The molecule has 0 radical (unpaired) electrons. The molecule has 1 unspecified atom stereocenters. The largest absolute Gasteiger partial charge is 0.416 e. The Labute approximate surface area is 195 Å². The maximum atomic E-state index is 13.2. The minimum Gasteiger partial charge on any atom is -0.351 e. The van der Waals surface area contributed by atoms with E-state index in [-0.39, 0.29) is 30.3 Å². The second-order valence-corrected chi connectivity index (χ2v) is 7.76. The van der Waals surface area contributed by atoms with Gasteiger partial charge in [0.05, 0.1) is 24.3 Å². The van der Waals surface area contributed by atoms with Gasteiger partial charge in [0.15, 0.2) is 12.0 Å². The van der Waals surface area contributed by atoms with Gasteiger partial charge in [0.1, 0.15) is 0 Å². The van der Waals surface area contributed by atoms with Gasteiger partial charge in [0, 0.05) is 32.7 Å². The number of amides is 2. The van der Waals surface area contributed by atoms with E-state index in [2.05, 4.69) is 15.6 Å². The lowest BCUT2D eigenvalue weighted by Gasteiger charge is -2.25. The van der Waals surface area contributed by atoms with Crippen LogP contribution in [0.15, 0.2) is 30.5 Å². The lowest BCUT2D eigenvalue weighted by atomic mass is 10.0. The molecule has 2 aromatic rings. The normalized spacial score (nSPS) is 15.2. The van der Waals surface area contributed by atoms with Gasteiger partial charge in [0.25, 0.3) is 5.91 Å². The first-order valence-electron chi connectivity index (χ1n) is 11.1. The molecule has 9 nitrogen and oxygen atoms in total. The number of hydrogen-bond acceptors (Lipinski definition) is 6. The van der Waals surface area contributed by atoms with E-state index in [0.29, 0.717) is 32.6 Å². The Kier molecular flexibility index (Phi) is 8.61. The number of ether oxygens (including phenoxy) is 2. The van der Waals surface area contributed by atoms with E-state index < -0.39 is 30.0 Å². The van der Waals surface area contributed by atoms with Gasteiger partial charge in [-0.3, -0.25) is 9.59 Å². The molecule has 0 saturated carbocycles. The standard InChI is InChI=1S/C22H28F3N5O4/c1-3-33-20(34-4-2)14-30-13-18(27-28-30)21(32)26-17(12-29-10-6-9-19(29)31)15-7-5-8-16(11-15)22(23,24)25/h5,7-8,11,13,17,20H,3-4,6,9-10,12,14H2,1-2H3,(H,26,32). The molecule has 1 aliphatic rings. The summed E-state index contributed by atoms with van der Waals surface area (Å²) in [5.74, 6) is -0.722. The minimum absolute atomic E-state index is 0.0172. The summed E-state index contributed by atoms with van der Waals surface area (Å²) in [4.78, 5) is 26.6. The van der Waals surface area contributed by atoms with Crippen LogP contribution in [0.3, 0.4) is 0 Å². The van der Waals surface area contributed by atoms with Gasteiger partial charge in [-0.15, -0.1) is 5.10 Å². The SMILES string of the molecule is CCOC(Cn1cc(C(=O)NC(CN2CCCC2=O)c2cccc(C(F)(F)F)c2)nn1)OCC. The van der Waals surface area contributed by atoms with E-state index in [1.807, 2.05) is 13.8 Å². The lowest BCUT2D eigenvalue weighted by molar-refractivity contribution is -0.145. The highest BCUT2D eigenvalue weighted by Crippen LogP contribution is 2.31. The van der Waals surface area contributed by atoms with Crippen LogP contribution in [0.5, 0.6) is 0 Å². The van der Waals surface area contributed by atoms with Gasteiger partial charge in [0.2, 0.25) is 5.91 Å². The number of nitrogens with zero attached hydrogens (tertiary/aromatic N) is 4. The predicted molar refractivity (Wildman–Crippen MR) is 115 cm³/mol. The Morgan fingerprint density at radius 1 is 1.21 bits per heavy atom. The summed E-state index contributed by atoms with van der Waals surface area (Å²) in [7, 11) is 0. The van der Waals surface area contributed by atoms with E-state index in [0.717, 1.165) is 12.1 Å². The monoisotopic (exact) mass is 483 g/mol. The third-order valence-corrected chi connectivity index (χ3v) is 5.31. The highest BCUT2D eigenvalue weighted by molar-refractivity contribution is 5.92. The first kappa shape index (κ1) is 25.6. The molecule has 1 saturated heterocycles. The quantitative estimate of drug-likeness (QED) is 0.494. The Bertz CT molecular complexity index is 975. The summed E-state index contributed by atoms with van der Waals surface area (Å²) in [6, 6.07) is 3.86. The van der Waals surface area contributed by atoms with Crippen molar-refractivity contribution in [1.29, 1.82) is 0 Å². The van der Waals surface area contributed by atoms with Gasteiger partial charge in [-0.25, -0.2) is 4.68 Å². The molecule has 3 rings (SSSR count). The molecule has 1 N–H and O–H groups in total. The summed E-state index contributed by atoms with van der Waals surface area (Å²) >= 11 is 0. The summed E-state index contributed by atoms with van der Waals surface area (Å²) in [6.45, 7) is 5.26. The number of hydrogen-bond donors (Lipinski definition) is 1. The van der Waals surface area contributed by atoms with Crippen LogP contribution < -0.4 is 5.32 Å². The van der Waals surface area contributed by atoms with Crippen LogP contribution in [0.2, 0.25) is 0 Å². The van der Waals surface area contributed by atoms with Gasteiger partial charge < -0.3 is 19.7 Å². The van der Waals surface area contributed by atoms with Gasteiger partial charge >= 0.3 is 6.18 Å². The van der Waals surface area contributed by atoms with Crippen LogP contribution in [0, 0.1) is 0 Å². The molecule has 1 aromatic carbocycles. The number of likely N-dealkylation sites (tertiary alicyclic amines) is 1. The fourth-order valence-corrected chi connectivity index (χ4v) is 3.69. The highest BCUT2D eigenvalue weighted by atomic mass is 19.4. The van der Waals surface area contributed by atoms with E-state index in [1.54, 1.807) is 0 Å². The molecule has 1 aliphatic heterocycles. The Morgan fingerprint density at radius 3 is 2.56 bits per heavy atom. The summed E-state index contributed by atoms with van der Waals surface area (Å²) in [5.41, 5.74) is -0.611. The number of halogens is 3. The molecule has 0 aliphatic carbocycles. The molecule has 0 spiro atoms. The number of benzene rings is 1. The van der Waals surface area contributed by atoms with Crippen LogP contribution in [-0.2, 0) is 27.0 Å². The molecular weight excluding hydrogens is 455 g/mol. The molecule has 1 aromatic heterocycles. The molecule has 1 fully saturated rings. The molecule has 186 valence electrons. The second kappa shape index (κ2) is 11.4. The molecule has 12 heteroatoms. The number of alkyl halides is 3. The maximum absolute atomic E-state index is 13.2. The number of rotatable bonds is 11. The average Bonchev–Trinajstić information content (AvgIpc) is 3.42. The van der Waals surface area contributed by atoms with Gasteiger partial charge in [-0.2, -0.15) is 13.2 Å². The fourth-order valence-electron chi connectivity index (χ4n) is 3.69. The van der Waals surface area contributed by atoms with Crippen LogP contribution in [0.25, 0.3) is 0 Å². The van der Waals surface area contributed by atoms with Crippen molar-refractivity contribution >= 4 is 11.8 Å². The summed E-state index contributed by atoms with van der Waals surface area (Å²) in [6.07, 6.45) is -2.65. The van der Waals surface area contributed by atoms with Crippen LogP contribution >= 0.6 is 0 Å². The average molecular weight is 483 g/mol. The molecule has 1 atom stereocenters. The second-order valence-electron chi connectivity index (χ2n) is 7.76. The topological polar surface area (TPSA) is 98.6 Å². The van der Waals surface area contributed by atoms with Crippen molar-refractivity contribution in [3.8, 4) is 0 Å². The Morgan fingerprint density at radius 2 is 1.94 bits per heavy atom. The van der Waals surface area contributed by atoms with Crippen LogP contribution in [0.1, 0.15) is 54.3 Å². The van der Waals surface area contributed by atoms with E-state index in [9.17, 15) is 22.8 Å². The molecule has 2 amide bonds. The van der Waals surface area contributed by atoms with Crippen molar-refractivity contribution < 1.29 is 32.2 Å². The predicted octanol–water partition coefficient (Wildman–Crippen LogP) is 2.79. The van der Waals surface area contributed by atoms with Crippen LogP contribution in [-0.4, -0.2) is 64.3 Å². The smallest absolute Gasteiger partial charge is 0.351 e. The first-order valence-corrected chi connectivity index (χ1v) is 11.1. The van der Waals surface area contributed by atoms with Crippen molar-refractivity contribution in [3.63, 3.8) is 0 Å². The number of carbonyl (C=O) groups excluding carboxylic acids is 2. The molecule has 34 heavy (non-hydrogen) atoms. The zero-order valence-electron chi connectivity index (χ0n) is 19.0. The molecule has 0 bridgehead atoms.